The Labute approximate surface area is 95.7 Å². The van der Waals surface area contributed by atoms with Gasteiger partial charge in [-0.25, -0.2) is 14.4 Å². The molecule has 9 heteroatoms. The highest BCUT2D eigenvalue weighted by Gasteiger charge is 1.75. The standard InChI is InChI=1S/C5H12.3CHFO2/c1-3-5-4-2;3*2-1(3)4/h3-5H2,1-2H3;3*(H,3,4). The minimum Gasteiger partial charge on any atom is -0.456 e. The van der Waals surface area contributed by atoms with Crippen LogP contribution in [0.5, 0.6) is 0 Å². The Bertz CT molecular complexity index is 155. The number of rotatable bonds is 2. The maximum atomic E-state index is 9.92. The summed E-state index contributed by atoms with van der Waals surface area (Å²) in [5.41, 5.74) is 0. The number of carbonyl (C=O) groups is 3. The van der Waals surface area contributed by atoms with Gasteiger partial charge in [-0.1, -0.05) is 33.1 Å². The van der Waals surface area contributed by atoms with Crippen LogP contribution in [-0.2, 0) is 0 Å². The van der Waals surface area contributed by atoms with Crippen molar-refractivity contribution in [1.82, 2.24) is 0 Å². The molecular weight excluding hydrogens is 249 g/mol. The lowest BCUT2D eigenvalue weighted by Gasteiger charge is -1.79. The molecule has 0 rings (SSSR count). The summed E-state index contributed by atoms with van der Waals surface area (Å²) < 4.78 is 29.8. The molecule has 0 saturated heterocycles. The molecule has 0 aromatic rings. The molecule has 0 radical (unpaired) electrons. The second-order valence-electron chi connectivity index (χ2n) is 2.11. The van der Waals surface area contributed by atoms with Crippen molar-refractivity contribution in [2.24, 2.45) is 0 Å². The molecule has 0 bridgehead atoms. The highest BCUT2D eigenvalue weighted by Crippen LogP contribution is 1.88. The molecule has 0 fully saturated rings. The fourth-order valence-corrected chi connectivity index (χ4v) is 0.354. The van der Waals surface area contributed by atoms with Crippen LogP contribution in [0.15, 0.2) is 0 Å². The Morgan fingerprint density at radius 2 is 0.882 bits per heavy atom. The molecule has 0 unspecified atom stereocenters. The largest absolute Gasteiger partial charge is 0.492 e. The lowest BCUT2D eigenvalue weighted by Crippen LogP contribution is -1.69. The van der Waals surface area contributed by atoms with E-state index < -0.39 is 18.7 Å². The van der Waals surface area contributed by atoms with Crippen LogP contribution < -0.4 is 0 Å². The summed E-state index contributed by atoms with van der Waals surface area (Å²) in [5, 5.41) is 20.2. The molecule has 0 aliphatic carbocycles. The normalized spacial score (nSPS) is 6.88. The second-order valence-corrected chi connectivity index (χ2v) is 2.11. The number of carboxylic acid groups (broad SMARTS) is 3. The monoisotopic (exact) mass is 264 g/mol. The van der Waals surface area contributed by atoms with Gasteiger partial charge in [0, 0.05) is 0 Å². The Hall–Kier alpha value is -1.80. The fourth-order valence-electron chi connectivity index (χ4n) is 0.354. The summed E-state index contributed by atoms with van der Waals surface area (Å²) in [4.78, 5) is 25.0. The van der Waals surface area contributed by atoms with Crippen molar-refractivity contribution >= 4 is 18.7 Å². The summed E-state index contributed by atoms with van der Waals surface area (Å²) in [6.45, 7) is 4.42. The maximum Gasteiger partial charge on any atom is 0.492 e. The first-order valence-electron chi connectivity index (χ1n) is 4.26. The lowest BCUT2D eigenvalue weighted by molar-refractivity contribution is 0.167. The molecule has 0 amide bonds. The number of unbranched alkanes of at least 4 members (excludes halogenated alkanes) is 2. The predicted molar refractivity (Wildman–Crippen MR) is 52.6 cm³/mol. The van der Waals surface area contributed by atoms with Gasteiger partial charge in [0.1, 0.15) is 0 Å². The van der Waals surface area contributed by atoms with Crippen molar-refractivity contribution in [3.8, 4) is 0 Å². The summed E-state index contributed by atoms with van der Waals surface area (Å²) in [6.07, 6.45) is -2.92. The van der Waals surface area contributed by atoms with Gasteiger partial charge in [0.2, 0.25) is 0 Å². The number of halogens is 3. The minimum absolute atomic E-state index is 1.34. The number of hydrogen-bond donors (Lipinski definition) is 3. The van der Waals surface area contributed by atoms with Gasteiger partial charge >= 0.3 is 18.7 Å². The predicted octanol–water partition coefficient (Wildman–Crippen LogP) is 4.10. The van der Waals surface area contributed by atoms with Crippen LogP contribution in [0.25, 0.3) is 0 Å². The fraction of sp³-hybridized carbons (Fsp3) is 0.625. The molecule has 0 spiro atoms. The third-order valence-corrected chi connectivity index (χ3v) is 0.707. The van der Waals surface area contributed by atoms with Crippen LogP contribution in [0.3, 0.4) is 0 Å². The number of hydrogen-bond acceptors (Lipinski definition) is 3. The molecule has 17 heavy (non-hydrogen) atoms. The van der Waals surface area contributed by atoms with E-state index in [0.717, 1.165) is 0 Å². The third-order valence-electron chi connectivity index (χ3n) is 0.707. The van der Waals surface area contributed by atoms with E-state index in [1.807, 2.05) is 0 Å². The van der Waals surface area contributed by atoms with Gasteiger partial charge < -0.3 is 15.3 Å². The zero-order valence-corrected chi connectivity index (χ0v) is 9.32. The van der Waals surface area contributed by atoms with Crippen LogP contribution in [0, 0.1) is 0 Å². The van der Waals surface area contributed by atoms with Crippen molar-refractivity contribution in [3.63, 3.8) is 0 Å². The molecule has 0 aliphatic rings. The Kier molecular flexibility index (Phi) is 34.2. The highest BCUT2D eigenvalue weighted by molar-refractivity contribution is 5.55. The molecule has 6 nitrogen and oxygen atoms in total. The van der Waals surface area contributed by atoms with Crippen molar-refractivity contribution in [3.05, 3.63) is 0 Å². The SMILES string of the molecule is CCCCC.O=C(O)F.O=C(O)F.O=C(O)F. The average Bonchev–Trinajstić information content (AvgIpc) is 2.01. The third kappa shape index (κ3) is 52800. The maximum absolute atomic E-state index is 9.92. The van der Waals surface area contributed by atoms with E-state index in [4.69, 9.17) is 29.7 Å². The van der Waals surface area contributed by atoms with Crippen molar-refractivity contribution in [2.75, 3.05) is 0 Å². The second kappa shape index (κ2) is 23.8. The minimum atomic E-state index is -2.33. The van der Waals surface area contributed by atoms with Crippen molar-refractivity contribution in [2.45, 2.75) is 33.1 Å². The van der Waals surface area contributed by atoms with Gasteiger partial charge in [0.15, 0.2) is 0 Å². The first kappa shape index (κ1) is 24.4. The van der Waals surface area contributed by atoms with Crippen LogP contribution in [-0.4, -0.2) is 34.0 Å². The first-order valence-corrected chi connectivity index (χ1v) is 4.26. The lowest BCUT2D eigenvalue weighted by atomic mass is 10.3. The van der Waals surface area contributed by atoms with Crippen molar-refractivity contribution < 1.29 is 42.9 Å². The average molecular weight is 264 g/mol. The Balaban J connectivity index is -0.0000000667. The van der Waals surface area contributed by atoms with Crippen molar-refractivity contribution in [1.29, 1.82) is 0 Å². The smallest absolute Gasteiger partial charge is 0.456 e. The highest BCUT2D eigenvalue weighted by atomic mass is 19.2. The van der Waals surface area contributed by atoms with Crippen LogP contribution >= 0.6 is 0 Å². The van der Waals surface area contributed by atoms with E-state index in [-0.39, 0.29) is 0 Å². The summed E-state index contributed by atoms with van der Waals surface area (Å²) in [7, 11) is 0. The molecule has 0 aromatic carbocycles. The van der Waals surface area contributed by atoms with E-state index in [1.165, 1.54) is 19.3 Å². The van der Waals surface area contributed by atoms with E-state index in [9.17, 15) is 13.2 Å². The molecule has 0 saturated carbocycles. The quantitative estimate of drug-likeness (QED) is 0.647. The molecule has 104 valence electrons. The van der Waals surface area contributed by atoms with Crippen LogP contribution in [0.1, 0.15) is 33.1 Å². The van der Waals surface area contributed by atoms with Crippen LogP contribution in [0.2, 0.25) is 0 Å². The topological polar surface area (TPSA) is 112 Å². The van der Waals surface area contributed by atoms with Gasteiger partial charge in [-0.2, -0.15) is 0 Å². The molecule has 0 atom stereocenters. The molecule has 0 aromatic heterocycles. The first-order chi connectivity index (χ1) is 7.61. The zero-order valence-electron chi connectivity index (χ0n) is 9.32. The van der Waals surface area contributed by atoms with Gasteiger partial charge in [0.05, 0.1) is 0 Å². The van der Waals surface area contributed by atoms with E-state index in [1.54, 1.807) is 0 Å². The summed E-state index contributed by atoms with van der Waals surface area (Å²) >= 11 is 0. The van der Waals surface area contributed by atoms with Gasteiger partial charge in [-0.3, -0.25) is 0 Å². The van der Waals surface area contributed by atoms with E-state index >= 15 is 0 Å². The van der Waals surface area contributed by atoms with Gasteiger partial charge in [0.25, 0.3) is 0 Å². The molecule has 0 aliphatic heterocycles. The summed E-state index contributed by atoms with van der Waals surface area (Å²) in [5.74, 6) is 0. The zero-order chi connectivity index (χ0) is 14.9. The van der Waals surface area contributed by atoms with E-state index in [2.05, 4.69) is 13.8 Å². The van der Waals surface area contributed by atoms with E-state index in [0.29, 0.717) is 0 Å². The Morgan fingerprint density at radius 3 is 0.882 bits per heavy atom. The van der Waals surface area contributed by atoms with Gasteiger partial charge in [-0.05, 0) is 0 Å². The molecule has 3 N–H and O–H groups in total. The Morgan fingerprint density at radius 1 is 0.765 bits per heavy atom. The van der Waals surface area contributed by atoms with Crippen LogP contribution in [0.4, 0.5) is 27.6 Å². The van der Waals surface area contributed by atoms with Gasteiger partial charge in [-0.15, -0.1) is 13.2 Å². The molecule has 0 heterocycles. The summed E-state index contributed by atoms with van der Waals surface area (Å²) in [6, 6.07) is 0. The molecular formula is C8H15F3O6.